The Bertz CT molecular complexity index is 290. The van der Waals surface area contributed by atoms with E-state index in [0.29, 0.717) is 12.2 Å². The molecule has 0 radical (unpaired) electrons. The number of nitrogens with one attached hydrogen (secondary N) is 1. The van der Waals surface area contributed by atoms with Crippen molar-refractivity contribution in [2.45, 2.75) is 13.3 Å². The molecule has 4 nitrogen and oxygen atoms in total. The van der Waals surface area contributed by atoms with Gasteiger partial charge in [0.1, 0.15) is 0 Å². The van der Waals surface area contributed by atoms with E-state index in [-0.39, 0.29) is 11.1 Å². The number of rotatable bonds is 2. The zero-order valence-electron chi connectivity index (χ0n) is 6.54. The van der Waals surface area contributed by atoms with Crippen LogP contribution in [0.25, 0.3) is 0 Å². The monoisotopic (exact) mass is 185 g/mol. The molecule has 0 aromatic carbocycles. The van der Waals surface area contributed by atoms with Gasteiger partial charge in [-0.2, -0.15) is 0 Å². The third-order valence-corrected chi connectivity index (χ3v) is 1.51. The van der Waals surface area contributed by atoms with E-state index in [1.54, 1.807) is 6.92 Å². The van der Waals surface area contributed by atoms with Gasteiger partial charge >= 0.3 is 0 Å². The lowest BCUT2D eigenvalue weighted by Crippen LogP contribution is -2.11. The summed E-state index contributed by atoms with van der Waals surface area (Å²) in [6, 6.07) is 0. The SMILES string of the molecule is CCC(=O)Nc1nccnc1Cl. The number of halogens is 1. The second kappa shape index (κ2) is 4.01. The zero-order chi connectivity index (χ0) is 8.97. The molecule has 0 aliphatic carbocycles. The molecule has 1 aromatic heterocycles. The summed E-state index contributed by atoms with van der Waals surface area (Å²) in [7, 11) is 0. The van der Waals surface area contributed by atoms with Crippen LogP contribution in [-0.4, -0.2) is 15.9 Å². The highest BCUT2D eigenvalue weighted by Crippen LogP contribution is 2.13. The summed E-state index contributed by atoms with van der Waals surface area (Å²) < 4.78 is 0. The van der Waals surface area contributed by atoms with E-state index in [9.17, 15) is 4.79 Å². The second-order valence-corrected chi connectivity index (χ2v) is 2.46. The molecule has 0 spiro atoms. The molecule has 5 heteroatoms. The van der Waals surface area contributed by atoms with Gasteiger partial charge in [-0.05, 0) is 0 Å². The van der Waals surface area contributed by atoms with Gasteiger partial charge in [0, 0.05) is 18.8 Å². The van der Waals surface area contributed by atoms with Gasteiger partial charge in [-0.25, -0.2) is 9.97 Å². The molecule has 0 fully saturated rings. The quantitative estimate of drug-likeness (QED) is 0.760. The molecule has 0 unspecified atom stereocenters. The molecule has 12 heavy (non-hydrogen) atoms. The normalized spacial score (nSPS) is 9.50. The van der Waals surface area contributed by atoms with E-state index < -0.39 is 0 Å². The topological polar surface area (TPSA) is 54.9 Å². The minimum absolute atomic E-state index is 0.127. The summed E-state index contributed by atoms with van der Waals surface area (Å²) in [5, 5.41) is 2.72. The van der Waals surface area contributed by atoms with Crippen LogP contribution in [-0.2, 0) is 4.79 Å². The van der Waals surface area contributed by atoms with E-state index >= 15 is 0 Å². The molecule has 0 saturated carbocycles. The van der Waals surface area contributed by atoms with Crippen LogP contribution >= 0.6 is 11.6 Å². The first-order valence-corrected chi connectivity index (χ1v) is 3.88. The summed E-state index contributed by atoms with van der Waals surface area (Å²) in [6.45, 7) is 1.75. The summed E-state index contributed by atoms with van der Waals surface area (Å²) in [5.41, 5.74) is 0. The number of carbonyl (C=O) groups is 1. The average molecular weight is 186 g/mol. The lowest BCUT2D eigenvalue weighted by molar-refractivity contribution is -0.115. The summed E-state index contributed by atoms with van der Waals surface area (Å²) in [5.74, 6) is 0.184. The number of hydrogen-bond acceptors (Lipinski definition) is 3. The molecule has 1 rings (SSSR count). The molecule has 0 atom stereocenters. The van der Waals surface area contributed by atoms with E-state index in [1.807, 2.05) is 0 Å². The Morgan fingerprint density at radius 1 is 1.58 bits per heavy atom. The van der Waals surface area contributed by atoms with Crippen molar-refractivity contribution >= 4 is 23.3 Å². The van der Waals surface area contributed by atoms with Crippen LogP contribution in [0.5, 0.6) is 0 Å². The summed E-state index contributed by atoms with van der Waals surface area (Å²) >= 11 is 5.64. The Labute approximate surface area is 75.0 Å². The number of aromatic nitrogens is 2. The fourth-order valence-electron chi connectivity index (χ4n) is 0.625. The van der Waals surface area contributed by atoms with Crippen LogP contribution in [0.4, 0.5) is 5.82 Å². The molecular weight excluding hydrogens is 178 g/mol. The van der Waals surface area contributed by atoms with Crippen molar-refractivity contribution < 1.29 is 4.79 Å². The molecule has 1 aromatic rings. The summed E-state index contributed by atoms with van der Waals surface area (Å²) in [6.07, 6.45) is 3.33. The van der Waals surface area contributed by atoms with Crippen molar-refractivity contribution in [1.82, 2.24) is 9.97 Å². The second-order valence-electron chi connectivity index (χ2n) is 2.10. The van der Waals surface area contributed by atoms with Gasteiger partial charge in [-0.1, -0.05) is 18.5 Å². The summed E-state index contributed by atoms with van der Waals surface area (Å²) in [4.78, 5) is 18.5. The highest BCUT2D eigenvalue weighted by atomic mass is 35.5. The molecule has 0 aliphatic heterocycles. The largest absolute Gasteiger partial charge is 0.308 e. The number of amides is 1. The van der Waals surface area contributed by atoms with Crippen molar-refractivity contribution in [3.63, 3.8) is 0 Å². The minimum atomic E-state index is -0.127. The maximum atomic E-state index is 10.9. The Hall–Kier alpha value is -1.16. The third kappa shape index (κ3) is 2.17. The lowest BCUT2D eigenvalue weighted by Gasteiger charge is -2.01. The van der Waals surface area contributed by atoms with Gasteiger partial charge in [0.15, 0.2) is 11.0 Å². The predicted molar refractivity (Wildman–Crippen MR) is 46.0 cm³/mol. The standard InChI is InChI=1S/C7H8ClN3O/c1-2-5(12)11-7-6(8)9-3-4-10-7/h3-4H,2H2,1H3,(H,10,11,12). The number of nitrogens with zero attached hydrogens (tertiary/aromatic N) is 2. The van der Waals surface area contributed by atoms with Crippen LogP contribution in [0.3, 0.4) is 0 Å². The van der Waals surface area contributed by atoms with Crippen molar-refractivity contribution in [2.75, 3.05) is 5.32 Å². The fraction of sp³-hybridized carbons (Fsp3) is 0.286. The smallest absolute Gasteiger partial charge is 0.225 e. The molecule has 1 N–H and O–H groups in total. The van der Waals surface area contributed by atoms with E-state index in [2.05, 4.69) is 15.3 Å². The molecular formula is C7H8ClN3O. The molecule has 0 bridgehead atoms. The van der Waals surface area contributed by atoms with Crippen LogP contribution in [0.2, 0.25) is 5.15 Å². The molecule has 64 valence electrons. The first-order chi connectivity index (χ1) is 5.74. The van der Waals surface area contributed by atoms with Crippen LogP contribution in [0.1, 0.15) is 13.3 Å². The van der Waals surface area contributed by atoms with Crippen LogP contribution in [0, 0.1) is 0 Å². The van der Waals surface area contributed by atoms with E-state index in [0.717, 1.165) is 0 Å². The highest BCUT2D eigenvalue weighted by Gasteiger charge is 2.04. The Morgan fingerprint density at radius 2 is 2.25 bits per heavy atom. The first kappa shape index (κ1) is 8.93. The number of hydrogen-bond donors (Lipinski definition) is 1. The average Bonchev–Trinajstić information content (AvgIpc) is 2.09. The number of carbonyl (C=O) groups excluding carboxylic acids is 1. The lowest BCUT2D eigenvalue weighted by atomic mass is 10.4. The van der Waals surface area contributed by atoms with Gasteiger partial charge in [0.05, 0.1) is 0 Å². The fourth-order valence-corrected chi connectivity index (χ4v) is 0.778. The molecule has 0 aliphatic rings. The van der Waals surface area contributed by atoms with Crippen molar-refractivity contribution in [3.8, 4) is 0 Å². The van der Waals surface area contributed by atoms with Gasteiger partial charge in [0.2, 0.25) is 5.91 Å². The predicted octanol–water partition coefficient (Wildman–Crippen LogP) is 1.48. The molecule has 1 heterocycles. The Kier molecular flexibility index (Phi) is 2.99. The molecule has 1 amide bonds. The van der Waals surface area contributed by atoms with Gasteiger partial charge in [-0.3, -0.25) is 4.79 Å². The Morgan fingerprint density at radius 3 is 2.83 bits per heavy atom. The Balaban J connectivity index is 2.75. The highest BCUT2D eigenvalue weighted by molar-refractivity contribution is 6.32. The van der Waals surface area contributed by atoms with Crippen molar-refractivity contribution in [2.24, 2.45) is 0 Å². The van der Waals surface area contributed by atoms with Gasteiger partial charge in [0.25, 0.3) is 0 Å². The van der Waals surface area contributed by atoms with Crippen molar-refractivity contribution in [3.05, 3.63) is 17.5 Å². The first-order valence-electron chi connectivity index (χ1n) is 3.50. The molecule has 0 saturated heterocycles. The van der Waals surface area contributed by atoms with E-state index in [4.69, 9.17) is 11.6 Å². The van der Waals surface area contributed by atoms with Crippen molar-refractivity contribution in [1.29, 1.82) is 0 Å². The maximum absolute atomic E-state index is 10.9. The van der Waals surface area contributed by atoms with Gasteiger partial charge in [-0.15, -0.1) is 0 Å². The zero-order valence-corrected chi connectivity index (χ0v) is 7.30. The maximum Gasteiger partial charge on any atom is 0.225 e. The minimum Gasteiger partial charge on any atom is -0.308 e. The van der Waals surface area contributed by atoms with E-state index in [1.165, 1.54) is 12.4 Å². The van der Waals surface area contributed by atoms with Gasteiger partial charge < -0.3 is 5.32 Å². The van der Waals surface area contributed by atoms with Crippen LogP contribution in [0.15, 0.2) is 12.4 Å². The van der Waals surface area contributed by atoms with Crippen LogP contribution < -0.4 is 5.32 Å². The number of anilines is 1. The third-order valence-electron chi connectivity index (χ3n) is 1.23.